The molecule has 2 saturated heterocycles. The van der Waals surface area contributed by atoms with Crippen LogP contribution in [0.4, 0.5) is 0 Å². The standard InChI is InChI=1S/C44H52N4O5S/c1-27(2)54(51,52)46-42(49)30-14-18-36-39(20-30)47-26-44(43(50)48-32-15-16-33(48)22-31(21-32)45-25-28-10-6-4-7-11-28)24-38(44)37-23-34(53-3)17-19-35(37)41(47)40(36)29-12-8-5-9-13-29/h4,6-7,10-11,14,17-20,23,27,29,31-33,38,45H,5,8-9,12-13,15-16,21-22,24-26H2,1-3H3,(H,46,49). The van der Waals surface area contributed by atoms with E-state index in [0.717, 1.165) is 79.4 Å². The van der Waals surface area contributed by atoms with Crippen LogP contribution in [-0.2, 0) is 27.9 Å². The van der Waals surface area contributed by atoms with E-state index in [9.17, 15) is 13.2 Å². The van der Waals surface area contributed by atoms with Gasteiger partial charge in [-0.2, -0.15) is 0 Å². The number of amides is 2. The van der Waals surface area contributed by atoms with E-state index < -0.39 is 26.6 Å². The van der Waals surface area contributed by atoms with E-state index in [-0.39, 0.29) is 23.9 Å². The quantitative estimate of drug-likeness (QED) is 0.182. The number of nitrogens with one attached hydrogen (secondary N) is 2. The third kappa shape index (κ3) is 5.95. The van der Waals surface area contributed by atoms with Crippen molar-refractivity contribution in [2.45, 2.75) is 126 Å². The number of rotatable bonds is 9. The molecule has 2 N–H and O–H groups in total. The van der Waals surface area contributed by atoms with Gasteiger partial charge in [0.15, 0.2) is 0 Å². The summed E-state index contributed by atoms with van der Waals surface area (Å²) in [5.41, 5.74) is 6.62. The maximum atomic E-state index is 15.4. The highest BCUT2D eigenvalue weighted by atomic mass is 32.2. The number of aromatic nitrogens is 1. The first-order valence-electron chi connectivity index (χ1n) is 20.1. The first-order chi connectivity index (χ1) is 26.1. The number of nitrogens with zero attached hydrogens (tertiary/aromatic N) is 2. The lowest BCUT2D eigenvalue weighted by Gasteiger charge is -2.41. The molecule has 10 heteroatoms. The van der Waals surface area contributed by atoms with Crippen LogP contribution in [0.3, 0.4) is 0 Å². The number of ether oxygens (including phenoxy) is 1. The zero-order valence-electron chi connectivity index (χ0n) is 31.6. The summed E-state index contributed by atoms with van der Waals surface area (Å²) in [5, 5.41) is 4.16. The van der Waals surface area contributed by atoms with Crippen molar-refractivity contribution in [2.75, 3.05) is 7.11 Å². The summed E-state index contributed by atoms with van der Waals surface area (Å²) >= 11 is 0. The second-order valence-corrected chi connectivity index (χ2v) is 19.2. The van der Waals surface area contributed by atoms with Crippen LogP contribution < -0.4 is 14.8 Å². The Balaban J connectivity index is 1.12. The molecule has 4 fully saturated rings. The molecule has 2 amide bonds. The summed E-state index contributed by atoms with van der Waals surface area (Å²) in [4.78, 5) is 31.2. The topological polar surface area (TPSA) is 110 Å². The number of hydrogen-bond acceptors (Lipinski definition) is 6. The molecule has 3 aliphatic heterocycles. The molecular weight excluding hydrogens is 697 g/mol. The minimum atomic E-state index is -3.82. The van der Waals surface area contributed by atoms with E-state index in [4.69, 9.17) is 4.74 Å². The van der Waals surface area contributed by atoms with Crippen LogP contribution in [0.25, 0.3) is 22.2 Å². The molecule has 3 aromatic carbocycles. The van der Waals surface area contributed by atoms with Gasteiger partial charge < -0.3 is 19.5 Å². The van der Waals surface area contributed by atoms with Crippen LogP contribution in [-0.4, -0.2) is 60.2 Å². The zero-order chi connectivity index (χ0) is 37.4. The van der Waals surface area contributed by atoms with Crippen molar-refractivity contribution in [2.24, 2.45) is 5.41 Å². The van der Waals surface area contributed by atoms with Crippen LogP contribution in [0, 0.1) is 5.41 Å². The van der Waals surface area contributed by atoms with E-state index in [1.807, 2.05) is 24.3 Å². The number of sulfonamides is 1. The average molecular weight is 749 g/mol. The summed E-state index contributed by atoms with van der Waals surface area (Å²) in [6, 6.07) is 23.4. The molecule has 284 valence electrons. The first-order valence-corrected chi connectivity index (χ1v) is 21.6. The van der Waals surface area contributed by atoms with Gasteiger partial charge in [-0.15, -0.1) is 0 Å². The smallest absolute Gasteiger partial charge is 0.264 e. The predicted molar refractivity (Wildman–Crippen MR) is 211 cm³/mol. The van der Waals surface area contributed by atoms with Crippen LogP contribution in [0.1, 0.15) is 117 Å². The molecule has 4 unspecified atom stereocenters. The summed E-state index contributed by atoms with van der Waals surface area (Å²) in [5.74, 6) is 0.838. The normalized spacial score (nSPS) is 26.2. The maximum Gasteiger partial charge on any atom is 0.264 e. The minimum Gasteiger partial charge on any atom is -0.497 e. The lowest BCUT2D eigenvalue weighted by Crippen LogP contribution is -2.54. The Hall–Kier alpha value is -4.15. The van der Waals surface area contributed by atoms with Crippen molar-refractivity contribution in [3.8, 4) is 17.0 Å². The highest BCUT2D eigenvalue weighted by Gasteiger charge is 2.65. The van der Waals surface area contributed by atoms with Crippen molar-refractivity contribution in [3.05, 3.63) is 89.0 Å². The lowest BCUT2D eigenvalue weighted by molar-refractivity contribution is -0.142. The predicted octanol–water partition coefficient (Wildman–Crippen LogP) is 7.63. The molecule has 4 atom stereocenters. The van der Waals surface area contributed by atoms with Crippen molar-refractivity contribution >= 4 is 32.7 Å². The van der Waals surface area contributed by atoms with E-state index >= 15 is 4.79 Å². The number of fused-ring (bicyclic) bond motifs is 9. The fraction of sp³-hybridized carbons (Fsp3) is 0.500. The van der Waals surface area contributed by atoms with Crippen molar-refractivity contribution in [1.82, 2.24) is 19.5 Å². The van der Waals surface area contributed by atoms with Gasteiger partial charge in [-0.05, 0) is 112 Å². The monoisotopic (exact) mass is 748 g/mol. The number of methoxy groups -OCH3 is 1. The highest BCUT2D eigenvalue weighted by molar-refractivity contribution is 7.90. The van der Waals surface area contributed by atoms with E-state index in [0.29, 0.717) is 24.1 Å². The minimum absolute atomic E-state index is 0.0558. The molecule has 0 spiro atoms. The number of carbonyl (C=O) groups is 2. The third-order valence-corrected chi connectivity index (χ3v) is 15.2. The largest absolute Gasteiger partial charge is 0.497 e. The molecule has 54 heavy (non-hydrogen) atoms. The van der Waals surface area contributed by atoms with Crippen LogP contribution in [0.5, 0.6) is 5.75 Å². The summed E-state index contributed by atoms with van der Waals surface area (Å²) in [7, 11) is -2.11. The van der Waals surface area contributed by atoms with Crippen molar-refractivity contribution in [3.63, 3.8) is 0 Å². The van der Waals surface area contributed by atoms with Crippen LogP contribution in [0.15, 0.2) is 66.7 Å². The Morgan fingerprint density at radius 2 is 1.67 bits per heavy atom. The first kappa shape index (κ1) is 35.5. The van der Waals surface area contributed by atoms with Gasteiger partial charge in [-0.1, -0.05) is 55.7 Å². The Bertz CT molecular complexity index is 2210. The molecular formula is C44H52N4O5S. The molecule has 2 saturated carbocycles. The third-order valence-electron chi connectivity index (χ3n) is 13.5. The van der Waals surface area contributed by atoms with Crippen LogP contribution in [0.2, 0.25) is 0 Å². The Morgan fingerprint density at radius 1 is 0.926 bits per heavy atom. The van der Waals surface area contributed by atoms with Gasteiger partial charge in [0, 0.05) is 59.2 Å². The van der Waals surface area contributed by atoms with Gasteiger partial charge in [0.05, 0.1) is 23.5 Å². The zero-order valence-corrected chi connectivity index (χ0v) is 32.5. The Labute approximate surface area is 318 Å². The van der Waals surface area contributed by atoms with E-state index in [1.54, 1.807) is 27.0 Å². The summed E-state index contributed by atoms with van der Waals surface area (Å²) < 4.78 is 36.0. The molecule has 2 aliphatic carbocycles. The maximum absolute atomic E-state index is 15.4. The molecule has 9 rings (SSSR count). The highest BCUT2D eigenvalue weighted by Crippen LogP contribution is 2.67. The average Bonchev–Trinajstić information content (AvgIpc) is 3.77. The second kappa shape index (κ2) is 13.6. The molecule has 5 aliphatic rings. The van der Waals surface area contributed by atoms with Crippen LogP contribution >= 0.6 is 0 Å². The second-order valence-electron chi connectivity index (χ2n) is 16.9. The fourth-order valence-corrected chi connectivity index (χ4v) is 11.1. The molecule has 0 radical (unpaired) electrons. The Morgan fingerprint density at radius 3 is 2.37 bits per heavy atom. The molecule has 1 aromatic heterocycles. The lowest BCUT2D eigenvalue weighted by atomic mass is 9.81. The van der Waals surface area contributed by atoms with Crippen molar-refractivity contribution < 1.29 is 22.7 Å². The number of carbonyl (C=O) groups excluding carboxylic acids is 2. The number of benzene rings is 3. The van der Waals surface area contributed by atoms with E-state index in [2.05, 4.69) is 55.9 Å². The van der Waals surface area contributed by atoms with E-state index in [1.165, 1.54) is 36.0 Å². The Kier molecular flexibility index (Phi) is 8.92. The van der Waals surface area contributed by atoms with Gasteiger partial charge in [-0.3, -0.25) is 9.59 Å². The SMILES string of the molecule is COc1ccc2c(c1)C1CC1(C(=O)N1C3CCC1CC(NCc1ccccc1)C3)Cn1c-2c(C2CCCCC2)c2ccc(C(=O)NS(=O)(=O)C(C)C)cc21. The summed E-state index contributed by atoms with van der Waals surface area (Å²) in [6.07, 6.45) is 10.5. The number of piperidine rings is 1. The van der Waals surface area contributed by atoms with Gasteiger partial charge in [0.25, 0.3) is 5.91 Å². The van der Waals surface area contributed by atoms with Gasteiger partial charge >= 0.3 is 0 Å². The molecule has 4 aromatic rings. The van der Waals surface area contributed by atoms with Crippen molar-refractivity contribution in [1.29, 1.82) is 0 Å². The van der Waals surface area contributed by atoms with Gasteiger partial charge in [-0.25, -0.2) is 13.1 Å². The summed E-state index contributed by atoms with van der Waals surface area (Å²) in [6.45, 7) is 4.48. The van der Waals surface area contributed by atoms with Gasteiger partial charge in [0.2, 0.25) is 15.9 Å². The molecule has 4 heterocycles. The molecule has 9 nitrogen and oxygen atoms in total. The number of hydrogen-bond donors (Lipinski definition) is 2. The van der Waals surface area contributed by atoms with Gasteiger partial charge in [0.1, 0.15) is 5.75 Å². The molecule has 2 bridgehead atoms. The fourth-order valence-electron chi connectivity index (χ4n) is 10.5.